The molecule has 11 N–H and O–H groups in total. The summed E-state index contributed by atoms with van der Waals surface area (Å²) >= 11 is 0. The number of aliphatic hydroxyl groups is 7. The Morgan fingerprint density at radius 2 is 1.19 bits per heavy atom. The van der Waals surface area contributed by atoms with Crippen LogP contribution in [0.1, 0.15) is 6.42 Å². The first-order chi connectivity index (χ1) is 17.6. The maximum Gasteiger partial charge on any atom is 0.187 e. The summed E-state index contributed by atoms with van der Waals surface area (Å²) in [5.41, 5.74) is 0. The Labute approximate surface area is 216 Å². The normalized spacial score (nSPS) is 49.2. The van der Waals surface area contributed by atoms with Gasteiger partial charge in [-0.1, -0.05) is 0 Å². The van der Waals surface area contributed by atoms with Crippen molar-refractivity contribution in [3.05, 3.63) is 0 Å². The molecule has 3 fully saturated rings. The third-order valence-electron chi connectivity index (χ3n) is 7.59. The lowest BCUT2D eigenvalue weighted by atomic mass is 9.83. The van der Waals surface area contributed by atoms with Gasteiger partial charge in [0.1, 0.15) is 61.0 Å². The predicted molar refractivity (Wildman–Crippen MR) is 127 cm³/mol. The van der Waals surface area contributed by atoms with E-state index in [0.717, 1.165) is 0 Å². The molecule has 2 aliphatic heterocycles. The second kappa shape index (κ2) is 13.6. The van der Waals surface area contributed by atoms with E-state index < -0.39 is 98.4 Å². The third-order valence-corrected chi connectivity index (χ3v) is 7.59. The summed E-state index contributed by atoms with van der Waals surface area (Å²) in [6.07, 6.45) is -14.5. The van der Waals surface area contributed by atoms with Crippen LogP contribution >= 0.6 is 0 Å². The predicted octanol–water partition coefficient (Wildman–Crippen LogP) is -6.25. The number of hydrogen-bond acceptors (Lipinski definition) is 15. The molecule has 15 heteroatoms. The van der Waals surface area contributed by atoms with Crippen LogP contribution in [0.15, 0.2) is 0 Å². The Hall–Kier alpha value is -0.600. The van der Waals surface area contributed by atoms with Gasteiger partial charge >= 0.3 is 0 Å². The minimum atomic E-state index is -1.58. The van der Waals surface area contributed by atoms with Crippen molar-refractivity contribution in [2.24, 2.45) is 0 Å². The van der Waals surface area contributed by atoms with Crippen LogP contribution in [0.2, 0.25) is 0 Å². The zero-order valence-corrected chi connectivity index (χ0v) is 21.5. The SMILES string of the molecule is CNC[C@@H]1O[C@H](O[C@H]2C(NC)C[C@@H](NC)[C@@H](OC3O[C@H](CO)C(O)[C@H](NC)C3O)[C@H]2O)C(O)[C@H](O)[C@@H]1O. The number of hydrogen-bond donors (Lipinski definition) is 11. The molecule has 0 spiro atoms. The number of aliphatic hydroxyl groups excluding tert-OH is 7. The Kier molecular flexibility index (Phi) is 11.4. The van der Waals surface area contributed by atoms with Gasteiger partial charge in [0.2, 0.25) is 0 Å². The maximum atomic E-state index is 11.4. The van der Waals surface area contributed by atoms with Gasteiger partial charge in [0.15, 0.2) is 12.6 Å². The fourth-order valence-corrected chi connectivity index (χ4v) is 5.37. The zero-order chi connectivity index (χ0) is 27.4. The first-order valence-electron chi connectivity index (χ1n) is 12.6. The van der Waals surface area contributed by atoms with Crippen molar-refractivity contribution in [3.63, 3.8) is 0 Å². The van der Waals surface area contributed by atoms with Crippen LogP contribution in [-0.2, 0) is 18.9 Å². The molecular formula is C22H44N4O11. The molecule has 1 saturated carbocycles. The van der Waals surface area contributed by atoms with Crippen molar-refractivity contribution in [3.8, 4) is 0 Å². The van der Waals surface area contributed by atoms with Gasteiger partial charge in [0, 0.05) is 18.6 Å². The van der Waals surface area contributed by atoms with Gasteiger partial charge in [-0.25, -0.2) is 0 Å². The quantitative estimate of drug-likeness (QED) is 0.124. The molecule has 15 atom stereocenters. The smallest absolute Gasteiger partial charge is 0.187 e. The molecule has 0 amide bonds. The monoisotopic (exact) mass is 540 g/mol. The molecule has 218 valence electrons. The van der Waals surface area contributed by atoms with E-state index >= 15 is 0 Å². The van der Waals surface area contributed by atoms with Gasteiger partial charge in [0.05, 0.1) is 12.6 Å². The van der Waals surface area contributed by atoms with Crippen LogP contribution in [0.5, 0.6) is 0 Å². The summed E-state index contributed by atoms with van der Waals surface area (Å²) < 4.78 is 23.4. The van der Waals surface area contributed by atoms with E-state index in [9.17, 15) is 35.7 Å². The Bertz CT molecular complexity index is 699. The Morgan fingerprint density at radius 1 is 0.649 bits per heavy atom. The fourth-order valence-electron chi connectivity index (χ4n) is 5.37. The first-order valence-corrected chi connectivity index (χ1v) is 12.6. The largest absolute Gasteiger partial charge is 0.394 e. The molecule has 1 aliphatic carbocycles. The highest BCUT2D eigenvalue weighted by atomic mass is 16.7. The third kappa shape index (κ3) is 6.42. The Morgan fingerprint density at radius 3 is 1.68 bits per heavy atom. The topological polar surface area (TPSA) is 227 Å². The fraction of sp³-hybridized carbons (Fsp3) is 1.00. The van der Waals surface area contributed by atoms with Gasteiger partial charge in [0.25, 0.3) is 0 Å². The minimum absolute atomic E-state index is 0.183. The maximum absolute atomic E-state index is 11.4. The molecule has 0 aromatic rings. The number of nitrogens with one attached hydrogen (secondary N) is 4. The van der Waals surface area contributed by atoms with E-state index in [-0.39, 0.29) is 6.54 Å². The Balaban J connectivity index is 1.80. The summed E-state index contributed by atoms with van der Waals surface area (Å²) in [5.74, 6) is 0. The van der Waals surface area contributed by atoms with E-state index in [1.54, 1.807) is 28.2 Å². The summed E-state index contributed by atoms with van der Waals surface area (Å²) in [6.45, 7) is -0.330. The lowest BCUT2D eigenvalue weighted by Gasteiger charge is -2.49. The lowest BCUT2D eigenvalue weighted by Crippen LogP contribution is -2.69. The van der Waals surface area contributed by atoms with Crippen molar-refractivity contribution in [1.29, 1.82) is 0 Å². The van der Waals surface area contributed by atoms with Crippen LogP contribution in [0.4, 0.5) is 0 Å². The average molecular weight is 541 g/mol. The second-order valence-electron chi connectivity index (χ2n) is 9.81. The molecule has 37 heavy (non-hydrogen) atoms. The second-order valence-corrected chi connectivity index (χ2v) is 9.81. The number of ether oxygens (including phenoxy) is 4. The lowest BCUT2D eigenvalue weighted by molar-refractivity contribution is -0.334. The van der Waals surface area contributed by atoms with Gasteiger partial charge < -0.3 is 76.0 Å². The molecule has 15 nitrogen and oxygen atoms in total. The van der Waals surface area contributed by atoms with Crippen LogP contribution in [0.3, 0.4) is 0 Å². The van der Waals surface area contributed by atoms with Gasteiger partial charge in [-0.2, -0.15) is 0 Å². The molecule has 0 aromatic heterocycles. The van der Waals surface area contributed by atoms with Crippen molar-refractivity contribution in [1.82, 2.24) is 21.3 Å². The van der Waals surface area contributed by atoms with Gasteiger partial charge in [-0.05, 0) is 34.6 Å². The highest BCUT2D eigenvalue weighted by Gasteiger charge is 2.52. The molecular weight excluding hydrogens is 496 g/mol. The van der Waals surface area contributed by atoms with Gasteiger partial charge in [-0.15, -0.1) is 0 Å². The molecule has 3 aliphatic rings. The van der Waals surface area contributed by atoms with E-state index in [2.05, 4.69) is 21.3 Å². The summed E-state index contributed by atoms with van der Waals surface area (Å²) in [6, 6.07) is -1.73. The molecule has 0 bridgehead atoms. The van der Waals surface area contributed by atoms with Crippen LogP contribution in [0.25, 0.3) is 0 Å². The molecule has 3 rings (SSSR count). The molecule has 2 saturated heterocycles. The van der Waals surface area contributed by atoms with Crippen molar-refractivity contribution >= 4 is 0 Å². The van der Waals surface area contributed by atoms with E-state index in [0.29, 0.717) is 6.42 Å². The van der Waals surface area contributed by atoms with Gasteiger partial charge in [-0.3, -0.25) is 0 Å². The summed E-state index contributed by atoms with van der Waals surface area (Å²) in [4.78, 5) is 0. The number of rotatable bonds is 10. The molecule has 0 radical (unpaired) electrons. The first kappa shape index (κ1) is 30.9. The summed E-state index contributed by atoms with van der Waals surface area (Å²) in [5, 5.41) is 85.1. The van der Waals surface area contributed by atoms with E-state index in [1.165, 1.54) is 0 Å². The van der Waals surface area contributed by atoms with Crippen LogP contribution in [0, 0.1) is 0 Å². The highest BCUT2D eigenvalue weighted by Crippen LogP contribution is 2.32. The van der Waals surface area contributed by atoms with Crippen LogP contribution < -0.4 is 21.3 Å². The molecule has 0 aromatic carbocycles. The average Bonchev–Trinajstić information content (AvgIpc) is 2.89. The van der Waals surface area contributed by atoms with Crippen molar-refractivity contribution < 1.29 is 54.7 Å². The van der Waals surface area contributed by atoms with E-state index in [4.69, 9.17) is 18.9 Å². The standard InChI is InChI=1S/C22H44N4O11/c1-23-6-10-14(29)16(31)17(32)22(34-10)37-20-9(25-3)5-8(24-2)19(18(20)33)36-21-15(30)12(26-4)13(28)11(7-27)35-21/h8-33H,5-7H2,1-4H3/t8-,9?,10+,11-,12+,13?,14-,15?,16-,17?,18-,19-,20+,21?,22-/m1/s1. The number of likely N-dealkylation sites (N-methyl/N-ethyl adjacent to an activating group) is 4. The zero-order valence-electron chi connectivity index (χ0n) is 21.5. The van der Waals surface area contributed by atoms with Crippen LogP contribution in [-0.4, -0.2) is 169 Å². The molecule has 2 heterocycles. The van der Waals surface area contributed by atoms with Crippen molar-refractivity contribution in [2.45, 2.75) is 98.2 Å². The van der Waals surface area contributed by atoms with Crippen molar-refractivity contribution in [2.75, 3.05) is 41.3 Å². The highest BCUT2D eigenvalue weighted by molar-refractivity contribution is 5.03. The van der Waals surface area contributed by atoms with E-state index in [1.807, 2.05) is 0 Å². The minimum Gasteiger partial charge on any atom is -0.394 e. The molecule has 5 unspecified atom stereocenters. The summed E-state index contributed by atoms with van der Waals surface area (Å²) in [7, 11) is 6.56.